The zero-order chi connectivity index (χ0) is 15.9. The molecule has 0 radical (unpaired) electrons. The van der Waals surface area contributed by atoms with Crippen LogP contribution in [0.25, 0.3) is 0 Å². The summed E-state index contributed by atoms with van der Waals surface area (Å²) in [6.07, 6.45) is 9.47. The first kappa shape index (κ1) is 15.5. The van der Waals surface area contributed by atoms with Crippen LogP contribution in [0.15, 0.2) is 29.4 Å². The van der Waals surface area contributed by atoms with Crippen LogP contribution in [-0.4, -0.2) is 33.9 Å². The van der Waals surface area contributed by atoms with Gasteiger partial charge in [-0.3, -0.25) is 9.78 Å². The molecular weight excluding hydrogens is 308 g/mol. The third-order valence-corrected chi connectivity index (χ3v) is 7.15. The normalized spacial score (nSPS) is 37.8. The Morgan fingerprint density at radius 2 is 1.78 bits per heavy atom. The van der Waals surface area contributed by atoms with Crippen LogP contribution in [0.4, 0.5) is 0 Å². The standard InChI is InChI=1S/C18H24N2O2S/c21-17(10-23-16-1-3-19-4-2-16)20-11-18(22)14-6-12-5-13(8-14)9-15(18)7-12/h1-4,12-15,22H,5-11H2,(H,20,21). The monoisotopic (exact) mass is 332 g/mol. The first-order valence-electron chi connectivity index (χ1n) is 8.65. The number of amides is 1. The van der Waals surface area contributed by atoms with Gasteiger partial charge in [-0.15, -0.1) is 11.8 Å². The van der Waals surface area contributed by atoms with Crippen molar-refractivity contribution in [3.05, 3.63) is 24.5 Å². The highest BCUT2D eigenvalue weighted by molar-refractivity contribution is 8.00. The third-order valence-electron chi connectivity index (χ3n) is 6.14. The molecule has 4 aliphatic carbocycles. The highest BCUT2D eigenvalue weighted by atomic mass is 32.2. The Bertz CT molecular complexity index is 550. The maximum Gasteiger partial charge on any atom is 0.230 e. The van der Waals surface area contributed by atoms with E-state index in [1.807, 2.05) is 12.1 Å². The number of aliphatic hydroxyl groups is 1. The predicted octanol–water partition coefficient (Wildman–Crippen LogP) is 2.48. The first-order chi connectivity index (χ1) is 11.1. The van der Waals surface area contributed by atoms with Crippen molar-refractivity contribution in [3.63, 3.8) is 0 Å². The Labute approximate surface area is 141 Å². The molecule has 1 heterocycles. The molecule has 0 spiro atoms. The lowest BCUT2D eigenvalue weighted by atomic mass is 9.50. The molecular formula is C18H24N2O2S. The quantitative estimate of drug-likeness (QED) is 0.813. The van der Waals surface area contributed by atoms with Gasteiger partial charge >= 0.3 is 0 Å². The van der Waals surface area contributed by atoms with E-state index in [0.29, 0.717) is 24.1 Å². The first-order valence-corrected chi connectivity index (χ1v) is 9.64. The summed E-state index contributed by atoms with van der Waals surface area (Å²) in [5, 5.41) is 14.2. The van der Waals surface area contributed by atoms with Crippen LogP contribution in [0.2, 0.25) is 0 Å². The van der Waals surface area contributed by atoms with E-state index in [2.05, 4.69) is 10.3 Å². The van der Waals surface area contributed by atoms with E-state index in [1.165, 1.54) is 18.2 Å². The molecule has 4 nitrogen and oxygen atoms in total. The minimum atomic E-state index is -0.662. The van der Waals surface area contributed by atoms with Gasteiger partial charge in [0.05, 0.1) is 11.4 Å². The van der Waals surface area contributed by atoms with E-state index < -0.39 is 5.60 Å². The van der Waals surface area contributed by atoms with Gasteiger partial charge in [0.25, 0.3) is 0 Å². The van der Waals surface area contributed by atoms with Gasteiger partial charge in [-0.2, -0.15) is 0 Å². The number of carbonyl (C=O) groups excluding carboxylic acids is 1. The fraction of sp³-hybridized carbons (Fsp3) is 0.667. The van der Waals surface area contributed by atoms with Crippen LogP contribution in [-0.2, 0) is 4.79 Å². The van der Waals surface area contributed by atoms with Crippen molar-refractivity contribution < 1.29 is 9.90 Å². The van der Waals surface area contributed by atoms with Crippen LogP contribution in [0.3, 0.4) is 0 Å². The summed E-state index contributed by atoms with van der Waals surface area (Å²) in [5.41, 5.74) is -0.662. The van der Waals surface area contributed by atoms with Gasteiger partial charge in [0.2, 0.25) is 5.91 Å². The van der Waals surface area contributed by atoms with E-state index >= 15 is 0 Å². The van der Waals surface area contributed by atoms with E-state index in [9.17, 15) is 9.90 Å². The molecule has 5 heteroatoms. The number of thioether (sulfide) groups is 1. The SMILES string of the molecule is O=C(CSc1ccncc1)NCC1(O)C2CC3CC(C2)CC1C3. The van der Waals surface area contributed by atoms with Crippen molar-refractivity contribution in [1.29, 1.82) is 0 Å². The third kappa shape index (κ3) is 3.01. The summed E-state index contributed by atoms with van der Waals surface area (Å²) in [4.78, 5) is 17.2. The summed E-state index contributed by atoms with van der Waals surface area (Å²) in [6.45, 7) is 0.428. The molecule has 5 rings (SSSR count). The lowest BCUT2D eigenvalue weighted by Crippen LogP contribution is -2.62. The van der Waals surface area contributed by atoms with Crippen LogP contribution < -0.4 is 5.32 Å². The van der Waals surface area contributed by atoms with Crippen LogP contribution in [0.1, 0.15) is 32.1 Å². The van der Waals surface area contributed by atoms with Crippen molar-refractivity contribution in [2.24, 2.45) is 23.7 Å². The number of aromatic nitrogens is 1. The second-order valence-corrected chi connectivity index (χ2v) is 8.59. The number of nitrogens with zero attached hydrogens (tertiary/aromatic N) is 1. The van der Waals surface area contributed by atoms with Gasteiger partial charge in [0.15, 0.2) is 0 Å². The lowest BCUT2D eigenvalue weighted by molar-refractivity contribution is -0.171. The maximum absolute atomic E-state index is 12.1. The Kier molecular flexibility index (Phi) is 4.10. The highest BCUT2D eigenvalue weighted by Crippen LogP contribution is 2.58. The second kappa shape index (κ2) is 6.10. The average molecular weight is 332 g/mol. The van der Waals surface area contributed by atoms with Crippen molar-refractivity contribution in [1.82, 2.24) is 10.3 Å². The summed E-state index contributed by atoms with van der Waals surface area (Å²) in [7, 11) is 0. The maximum atomic E-state index is 12.1. The van der Waals surface area contributed by atoms with Crippen molar-refractivity contribution in [3.8, 4) is 0 Å². The number of pyridine rings is 1. The molecule has 1 aromatic heterocycles. The molecule has 2 N–H and O–H groups in total. The summed E-state index contributed by atoms with van der Waals surface area (Å²) in [6, 6.07) is 3.81. The zero-order valence-corrected chi connectivity index (χ0v) is 14.1. The Hall–Kier alpha value is -1.07. The van der Waals surface area contributed by atoms with Gasteiger partial charge in [-0.1, -0.05) is 0 Å². The summed E-state index contributed by atoms with van der Waals surface area (Å²) >= 11 is 1.51. The number of nitrogens with one attached hydrogen (secondary N) is 1. The zero-order valence-electron chi connectivity index (χ0n) is 13.3. The molecule has 1 aromatic rings. The largest absolute Gasteiger partial charge is 0.387 e. The van der Waals surface area contributed by atoms with E-state index in [-0.39, 0.29) is 5.91 Å². The van der Waals surface area contributed by atoms with E-state index in [4.69, 9.17) is 0 Å². The molecule has 0 saturated heterocycles. The minimum Gasteiger partial charge on any atom is -0.387 e. The second-order valence-electron chi connectivity index (χ2n) is 7.54. The molecule has 4 aliphatic rings. The molecule has 23 heavy (non-hydrogen) atoms. The van der Waals surface area contributed by atoms with Gasteiger partial charge in [0, 0.05) is 23.8 Å². The highest BCUT2D eigenvalue weighted by Gasteiger charge is 2.56. The van der Waals surface area contributed by atoms with Crippen molar-refractivity contribution in [2.75, 3.05) is 12.3 Å². The van der Waals surface area contributed by atoms with Gasteiger partial charge < -0.3 is 10.4 Å². The molecule has 4 saturated carbocycles. The number of rotatable bonds is 5. The lowest BCUT2D eigenvalue weighted by Gasteiger charge is -2.58. The van der Waals surface area contributed by atoms with Gasteiger partial charge in [0.1, 0.15) is 0 Å². The fourth-order valence-electron chi connectivity index (χ4n) is 5.16. The molecule has 124 valence electrons. The van der Waals surface area contributed by atoms with Gasteiger partial charge in [-0.25, -0.2) is 0 Å². The van der Waals surface area contributed by atoms with Crippen LogP contribution >= 0.6 is 11.8 Å². The Morgan fingerprint density at radius 3 is 2.39 bits per heavy atom. The fourth-order valence-corrected chi connectivity index (χ4v) is 5.88. The number of hydrogen-bond donors (Lipinski definition) is 2. The number of carbonyl (C=O) groups is 1. The number of hydrogen-bond acceptors (Lipinski definition) is 4. The summed E-state index contributed by atoms with van der Waals surface area (Å²) < 4.78 is 0. The van der Waals surface area contributed by atoms with E-state index in [1.54, 1.807) is 12.4 Å². The van der Waals surface area contributed by atoms with Crippen LogP contribution in [0, 0.1) is 23.7 Å². The van der Waals surface area contributed by atoms with Crippen LogP contribution in [0.5, 0.6) is 0 Å². The topological polar surface area (TPSA) is 62.2 Å². The minimum absolute atomic E-state index is 0.00837. The summed E-state index contributed by atoms with van der Waals surface area (Å²) in [5.74, 6) is 2.85. The smallest absolute Gasteiger partial charge is 0.230 e. The molecule has 1 amide bonds. The molecule has 4 bridgehead atoms. The van der Waals surface area contributed by atoms with E-state index in [0.717, 1.165) is 42.4 Å². The van der Waals surface area contributed by atoms with Crippen molar-refractivity contribution >= 4 is 17.7 Å². The Balaban J connectivity index is 1.31. The van der Waals surface area contributed by atoms with Crippen molar-refractivity contribution in [2.45, 2.75) is 42.6 Å². The Morgan fingerprint density at radius 1 is 1.17 bits per heavy atom. The molecule has 0 unspecified atom stereocenters. The average Bonchev–Trinajstić information content (AvgIpc) is 2.56. The van der Waals surface area contributed by atoms with Gasteiger partial charge in [-0.05, 0) is 67.9 Å². The molecule has 0 aromatic carbocycles. The molecule has 0 atom stereocenters. The predicted molar refractivity (Wildman–Crippen MR) is 90.0 cm³/mol. The molecule has 0 aliphatic heterocycles. The molecule has 4 fully saturated rings.